The zero-order valence-electron chi connectivity index (χ0n) is 12.8. The molecule has 5 heteroatoms. The van der Waals surface area contributed by atoms with Crippen LogP contribution in [-0.2, 0) is 4.74 Å². The highest BCUT2D eigenvalue weighted by atomic mass is 16.5. The van der Waals surface area contributed by atoms with E-state index in [2.05, 4.69) is 33.8 Å². The summed E-state index contributed by atoms with van der Waals surface area (Å²) in [4.78, 5) is 9.24. The van der Waals surface area contributed by atoms with Gasteiger partial charge in [0.25, 0.3) is 0 Å². The number of ether oxygens (including phenoxy) is 1. The molecule has 2 aliphatic heterocycles. The van der Waals surface area contributed by atoms with Crippen LogP contribution in [0.5, 0.6) is 0 Å². The lowest BCUT2D eigenvalue weighted by molar-refractivity contribution is 0.0173. The number of morpholine rings is 1. The maximum absolute atomic E-state index is 6.28. The second-order valence-corrected chi connectivity index (χ2v) is 6.17. The highest BCUT2D eigenvalue weighted by molar-refractivity contribution is 5.17. The SMILES string of the molecule is CC(N)C(c1ccncc1)N1CCC(N2CCOCC2)C1. The summed E-state index contributed by atoms with van der Waals surface area (Å²) >= 11 is 0. The van der Waals surface area contributed by atoms with Gasteiger partial charge in [-0.15, -0.1) is 0 Å². The Bertz CT molecular complexity index is 433. The molecule has 2 saturated heterocycles. The van der Waals surface area contributed by atoms with E-state index in [9.17, 15) is 0 Å². The lowest BCUT2D eigenvalue weighted by Crippen LogP contribution is -2.46. The summed E-state index contributed by atoms with van der Waals surface area (Å²) in [6.07, 6.45) is 4.95. The quantitative estimate of drug-likeness (QED) is 0.892. The Morgan fingerprint density at radius 3 is 2.62 bits per heavy atom. The number of hydrogen-bond acceptors (Lipinski definition) is 5. The molecule has 0 amide bonds. The molecule has 2 N–H and O–H groups in total. The van der Waals surface area contributed by atoms with E-state index >= 15 is 0 Å². The standard InChI is InChI=1S/C16H26N4O/c1-13(17)16(14-2-5-18-6-3-14)20-7-4-15(12-20)19-8-10-21-11-9-19/h2-3,5-6,13,15-16H,4,7-12,17H2,1H3. The maximum atomic E-state index is 6.28. The summed E-state index contributed by atoms with van der Waals surface area (Å²) in [5.41, 5.74) is 7.56. The Balaban J connectivity index is 1.68. The van der Waals surface area contributed by atoms with Crippen LogP contribution in [0.3, 0.4) is 0 Å². The Labute approximate surface area is 127 Å². The molecule has 2 fully saturated rings. The van der Waals surface area contributed by atoms with Crippen molar-refractivity contribution in [3.63, 3.8) is 0 Å². The minimum atomic E-state index is 0.121. The summed E-state index contributed by atoms with van der Waals surface area (Å²) in [7, 11) is 0. The van der Waals surface area contributed by atoms with Gasteiger partial charge in [-0.25, -0.2) is 0 Å². The Hall–Kier alpha value is -1.01. The first kappa shape index (κ1) is 14.9. The zero-order valence-corrected chi connectivity index (χ0v) is 12.8. The van der Waals surface area contributed by atoms with E-state index in [0.29, 0.717) is 12.1 Å². The average Bonchev–Trinajstić information content (AvgIpc) is 2.98. The minimum absolute atomic E-state index is 0.121. The minimum Gasteiger partial charge on any atom is -0.379 e. The van der Waals surface area contributed by atoms with Crippen LogP contribution in [0, 0.1) is 0 Å². The molecule has 1 aromatic heterocycles. The van der Waals surface area contributed by atoms with E-state index < -0.39 is 0 Å². The van der Waals surface area contributed by atoms with Crippen LogP contribution < -0.4 is 5.73 Å². The van der Waals surface area contributed by atoms with Crippen LogP contribution >= 0.6 is 0 Å². The van der Waals surface area contributed by atoms with Crippen LogP contribution in [-0.4, -0.2) is 66.3 Å². The number of nitrogens with two attached hydrogens (primary N) is 1. The van der Waals surface area contributed by atoms with Crippen molar-refractivity contribution in [2.24, 2.45) is 5.73 Å². The number of aromatic nitrogens is 1. The van der Waals surface area contributed by atoms with E-state index in [1.807, 2.05) is 12.4 Å². The van der Waals surface area contributed by atoms with Crippen LogP contribution in [0.15, 0.2) is 24.5 Å². The van der Waals surface area contributed by atoms with E-state index in [0.717, 1.165) is 39.4 Å². The van der Waals surface area contributed by atoms with Crippen molar-refractivity contribution in [3.8, 4) is 0 Å². The van der Waals surface area contributed by atoms with Crippen LogP contribution in [0.4, 0.5) is 0 Å². The topological polar surface area (TPSA) is 54.6 Å². The molecule has 3 atom stereocenters. The predicted octanol–water partition coefficient (Wildman–Crippen LogP) is 0.876. The Morgan fingerprint density at radius 1 is 1.24 bits per heavy atom. The molecule has 0 radical (unpaired) electrons. The monoisotopic (exact) mass is 290 g/mol. The van der Waals surface area contributed by atoms with Gasteiger partial charge in [-0.2, -0.15) is 0 Å². The Kier molecular flexibility index (Phi) is 4.85. The lowest BCUT2D eigenvalue weighted by Gasteiger charge is -2.34. The molecular formula is C16H26N4O. The summed E-state index contributed by atoms with van der Waals surface area (Å²) in [6.45, 7) is 8.21. The van der Waals surface area contributed by atoms with Crippen molar-refractivity contribution < 1.29 is 4.74 Å². The molecular weight excluding hydrogens is 264 g/mol. The van der Waals surface area contributed by atoms with Crippen molar-refractivity contribution in [2.75, 3.05) is 39.4 Å². The third kappa shape index (κ3) is 3.43. The second-order valence-electron chi connectivity index (χ2n) is 6.17. The van der Waals surface area contributed by atoms with Gasteiger partial charge < -0.3 is 10.5 Å². The number of hydrogen-bond donors (Lipinski definition) is 1. The molecule has 0 spiro atoms. The van der Waals surface area contributed by atoms with E-state index in [-0.39, 0.29) is 6.04 Å². The van der Waals surface area contributed by atoms with Gasteiger partial charge >= 0.3 is 0 Å². The van der Waals surface area contributed by atoms with Gasteiger partial charge in [-0.3, -0.25) is 14.8 Å². The van der Waals surface area contributed by atoms with E-state index in [1.54, 1.807) is 0 Å². The fourth-order valence-electron chi connectivity index (χ4n) is 3.67. The van der Waals surface area contributed by atoms with Crippen molar-refractivity contribution in [2.45, 2.75) is 31.5 Å². The van der Waals surface area contributed by atoms with Gasteiger partial charge in [0.2, 0.25) is 0 Å². The zero-order chi connectivity index (χ0) is 14.7. The van der Waals surface area contributed by atoms with Gasteiger partial charge in [-0.05, 0) is 31.0 Å². The molecule has 0 bridgehead atoms. The van der Waals surface area contributed by atoms with Crippen LogP contribution in [0.1, 0.15) is 24.9 Å². The number of likely N-dealkylation sites (tertiary alicyclic amines) is 1. The van der Waals surface area contributed by atoms with E-state index in [4.69, 9.17) is 10.5 Å². The van der Waals surface area contributed by atoms with Crippen LogP contribution in [0.2, 0.25) is 0 Å². The largest absolute Gasteiger partial charge is 0.379 e. The molecule has 2 aliphatic rings. The van der Waals surface area contributed by atoms with Gasteiger partial charge in [-0.1, -0.05) is 0 Å². The highest BCUT2D eigenvalue weighted by Gasteiger charge is 2.34. The van der Waals surface area contributed by atoms with E-state index in [1.165, 1.54) is 12.0 Å². The van der Waals surface area contributed by atoms with Crippen molar-refractivity contribution in [3.05, 3.63) is 30.1 Å². The van der Waals surface area contributed by atoms with Gasteiger partial charge in [0.1, 0.15) is 0 Å². The van der Waals surface area contributed by atoms with Gasteiger partial charge in [0.05, 0.1) is 13.2 Å². The van der Waals surface area contributed by atoms with Gasteiger partial charge in [0.15, 0.2) is 0 Å². The predicted molar refractivity (Wildman–Crippen MR) is 83.0 cm³/mol. The summed E-state index contributed by atoms with van der Waals surface area (Å²) < 4.78 is 5.46. The molecule has 0 aromatic carbocycles. The average molecular weight is 290 g/mol. The molecule has 3 rings (SSSR count). The Morgan fingerprint density at radius 2 is 1.95 bits per heavy atom. The lowest BCUT2D eigenvalue weighted by atomic mass is 10.0. The maximum Gasteiger partial charge on any atom is 0.0594 e. The summed E-state index contributed by atoms with van der Waals surface area (Å²) in [6, 6.07) is 5.25. The number of pyridine rings is 1. The highest BCUT2D eigenvalue weighted by Crippen LogP contribution is 2.29. The van der Waals surface area contributed by atoms with Gasteiger partial charge in [0, 0.05) is 56.7 Å². The first-order valence-electron chi connectivity index (χ1n) is 7.97. The third-order valence-corrected chi connectivity index (χ3v) is 4.70. The molecule has 5 nitrogen and oxygen atoms in total. The fraction of sp³-hybridized carbons (Fsp3) is 0.688. The molecule has 3 heterocycles. The summed E-state index contributed by atoms with van der Waals surface area (Å²) in [5.74, 6) is 0. The number of rotatable bonds is 4. The molecule has 3 unspecified atom stereocenters. The first-order valence-corrected chi connectivity index (χ1v) is 7.97. The van der Waals surface area contributed by atoms with Crippen molar-refractivity contribution in [1.82, 2.24) is 14.8 Å². The molecule has 1 aromatic rings. The molecule has 0 saturated carbocycles. The fourth-order valence-corrected chi connectivity index (χ4v) is 3.67. The smallest absolute Gasteiger partial charge is 0.0594 e. The molecule has 0 aliphatic carbocycles. The first-order chi connectivity index (χ1) is 10.3. The normalized spacial score (nSPS) is 27.6. The van der Waals surface area contributed by atoms with Crippen molar-refractivity contribution >= 4 is 0 Å². The van der Waals surface area contributed by atoms with Crippen molar-refractivity contribution in [1.29, 1.82) is 0 Å². The second kappa shape index (κ2) is 6.83. The summed E-state index contributed by atoms with van der Waals surface area (Å²) in [5, 5.41) is 0. The molecule has 21 heavy (non-hydrogen) atoms. The number of nitrogens with zero attached hydrogens (tertiary/aromatic N) is 3. The van der Waals surface area contributed by atoms with Crippen LogP contribution in [0.25, 0.3) is 0 Å². The molecule has 116 valence electrons. The third-order valence-electron chi connectivity index (χ3n) is 4.70.